The Morgan fingerprint density at radius 3 is 2.58 bits per heavy atom. The number of hydrogen-bond donors (Lipinski definition) is 1. The summed E-state index contributed by atoms with van der Waals surface area (Å²) in [4.78, 5) is 25.5. The summed E-state index contributed by atoms with van der Waals surface area (Å²) in [6.07, 6.45) is 9.60. The van der Waals surface area contributed by atoms with Gasteiger partial charge in [-0.3, -0.25) is 9.79 Å². The van der Waals surface area contributed by atoms with Gasteiger partial charge in [0.1, 0.15) is 6.29 Å². The molecule has 0 saturated heterocycles. The molecule has 0 aliphatic rings. The van der Waals surface area contributed by atoms with Crippen LogP contribution >= 0.6 is 0 Å². The summed E-state index contributed by atoms with van der Waals surface area (Å²) in [6.45, 7) is 6.88. The van der Waals surface area contributed by atoms with Crippen LogP contribution in [-0.4, -0.2) is 31.5 Å². The first kappa shape index (κ1) is 17.6. The molecular weight excluding hydrogens is 240 g/mol. The molecule has 0 heterocycles. The molecule has 0 atom stereocenters. The zero-order valence-corrected chi connectivity index (χ0v) is 12.0. The van der Waals surface area contributed by atoms with Crippen LogP contribution in [0.3, 0.4) is 0 Å². The minimum atomic E-state index is -0.0556. The average Bonchev–Trinajstić information content (AvgIpc) is 2.39. The molecule has 0 bridgehead atoms. The van der Waals surface area contributed by atoms with Crippen molar-refractivity contribution in [2.45, 2.75) is 51.9 Å². The first-order valence-electron chi connectivity index (χ1n) is 7.04. The topological polar surface area (TPSA) is 58.5 Å². The Morgan fingerprint density at radius 2 is 1.89 bits per heavy atom. The van der Waals surface area contributed by atoms with E-state index in [1.54, 1.807) is 6.92 Å². The Balaban J connectivity index is 3.20. The van der Waals surface area contributed by atoms with Crippen LogP contribution in [0.1, 0.15) is 51.9 Å². The van der Waals surface area contributed by atoms with Gasteiger partial charge in [0.2, 0.25) is 5.91 Å². The van der Waals surface area contributed by atoms with Crippen molar-refractivity contribution in [3.05, 3.63) is 12.2 Å². The van der Waals surface area contributed by atoms with Crippen molar-refractivity contribution in [2.24, 2.45) is 4.99 Å². The minimum Gasteiger partial charge on any atom is -0.352 e. The highest BCUT2D eigenvalue weighted by atomic mass is 16.1. The van der Waals surface area contributed by atoms with Crippen LogP contribution in [0.15, 0.2) is 17.1 Å². The lowest BCUT2D eigenvalue weighted by atomic mass is 10.2. The molecule has 0 rings (SSSR count). The number of nitrogens with zero attached hydrogens (tertiary/aromatic N) is 1. The fraction of sp³-hybridized carbons (Fsp3) is 0.667. The predicted octanol–water partition coefficient (Wildman–Crippen LogP) is 2.68. The summed E-state index contributed by atoms with van der Waals surface area (Å²) < 4.78 is 0. The SMILES string of the molecule is C=C(C)C(=O)NCCCCCCN=CCCCC=O. The quantitative estimate of drug-likeness (QED) is 0.255. The van der Waals surface area contributed by atoms with Crippen molar-refractivity contribution in [1.29, 1.82) is 0 Å². The zero-order valence-electron chi connectivity index (χ0n) is 12.0. The van der Waals surface area contributed by atoms with Gasteiger partial charge in [0.25, 0.3) is 0 Å². The summed E-state index contributed by atoms with van der Waals surface area (Å²) in [7, 11) is 0. The Bertz CT molecular complexity index is 299. The van der Waals surface area contributed by atoms with E-state index in [0.29, 0.717) is 12.0 Å². The van der Waals surface area contributed by atoms with E-state index in [4.69, 9.17) is 0 Å². The molecular formula is C15H26N2O2. The largest absolute Gasteiger partial charge is 0.352 e. The fourth-order valence-corrected chi connectivity index (χ4v) is 1.51. The molecule has 1 N–H and O–H groups in total. The van der Waals surface area contributed by atoms with E-state index in [2.05, 4.69) is 16.9 Å². The van der Waals surface area contributed by atoms with Gasteiger partial charge < -0.3 is 10.1 Å². The van der Waals surface area contributed by atoms with Gasteiger partial charge in [0, 0.05) is 25.1 Å². The lowest BCUT2D eigenvalue weighted by molar-refractivity contribution is -0.117. The normalized spacial score (nSPS) is 10.6. The number of aliphatic imine (C=N–C) groups is 1. The summed E-state index contributed by atoms with van der Waals surface area (Å²) in [5.74, 6) is -0.0556. The van der Waals surface area contributed by atoms with E-state index in [0.717, 1.165) is 57.9 Å². The standard InChI is InChI=1S/C15H26N2O2/c1-14(2)15(19)17-12-8-4-3-6-10-16-11-7-5-9-13-18/h11,13H,1,3-10,12H2,2H3,(H,17,19). The molecule has 4 heteroatoms. The number of unbranched alkanes of at least 4 members (excludes halogenated alkanes) is 5. The maximum absolute atomic E-state index is 11.2. The summed E-state index contributed by atoms with van der Waals surface area (Å²) in [6, 6.07) is 0. The van der Waals surface area contributed by atoms with Crippen LogP contribution < -0.4 is 5.32 Å². The molecule has 0 spiro atoms. The lowest BCUT2D eigenvalue weighted by Crippen LogP contribution is -2.24. The highest BCUT2D eigenvalue weighted by Crippen LogP contribution is 1.99. The van der Waals surface area contributed by atoms with Crippen molar-refractivity contribution in [2.75, 3.05) is 13.1 Å². The average molecular weight is 266 g/mol. The van der Waals surface area contributed by atoms with Crippen molar-refractivity contribution in [3.8, 4) is 0 Å². The van der Waals surface area contributed by atoms with E-state index in [-0.39, 0.29) is 5.91 Å². The van der Waals surface area contributed by atoms with Crippen LogP contribution in [0.4, 0.5) is 0 Å². The van der Waals surface area contributed by atoms with Crippen molar-refractivity contribution in [3.63, 3.8) is 0 Å². The van der Waals surface area contributed by atoms with Gasteiger partial charge in [0.05, 0.1) is 0 Å². The van der Waals surface area contributed by atoms with Gasteiger partial charge >= 0.3 is 0 Å². The Morgan fingerprint density at radius 1 is 1.16 bits per heavy atom. The second kappa shape index (κ2) is 13.0. The molecule has 108 valence electrons. The highest BCUT2D eigenvalue weighted by Gasteiger charge is 1.98. The number of amides is 1. The highest BCUT2D eigenvalue weighted by molar-refractivity contribution is 5.91. The van der Waals surface area contributed by atoms with Crippen LogP contribution in [0, 0.1) is 0 Å². The Kier molecular flexibility index (Phi) is 12.0. The summed E-state index contributed by atoms with van der Waals surface area (Å²) >= 11 is 0. The van der Waals surface area contributed by atoms with Gasteiger partial charge in [0.15, 0.2) is 0 Å². The smallest absolute Gasteiger partial charge is 0.246 e. The minimum absolute atomic E-state index is 0.0556. The van der Waals surface area contributed by atoms with Crippen molar-refractivity contribution >= 4 is 18.4 Å². The maximum Gasteiger partial charge on any atom is 0.246 e. The molecule has 0 radical (unpaired) electrons. The van der Waals surface area contributed by atoms with E-state index >= 15 is 0 Å². The monoisotopic (exact) mass is 266 g/mol. The zero-order chi connectivity index (χ0) is 14.3. The van der Waals surface area contributed by atoms with Gasteiger partial charge in [-0.05, 0) is 38.8 Å². The first-order valence-corrected chi connectivity index (χ1v) is 7.04. The Labute approximate surface area is 116 Å². The second-order valence-corrected chi connectivity index (χ2v) is 4.64. The van der Waals surface area contributed by atoms with E-state index in [9.17, 15) is 9.59 Å². The number of rotatable bonds is 12. The van der Waals surface area contributed by atoms with Crippen LogP contribution in [0.25, 0.3) is 0 Å². The number of carbonyl (C=O) groups is 2. The number of carbonyl (C=O) groups excluding carboxylic acids is 2. The molecule has 0 aromatic carbocycles. The fourth-order valence-electron chi connectivity index (χ4n) is 1.51. The molecule has 0 unspecified atom stereocenters. The number of nitrogens with one attached hydrogen (secondary N) is 1. The van der Waals surface area contributed by atoms with Crippen LogP contribution in [-0.2, 0) is 9.59 Å². The van der Waals surface area contributed by atoms with Gasteiger partial charge in [-0.25, -0.2) is 0 Å². The molecule has 1 amide bonds. The third-order valence-corrected chi connectivity index (χ3v) is 2.67. The second-order valence-electron chi connectivity index (χ2n) is 4.64. The number of aldehydes is 1. The molecule has 0 saturated carbocycles. The molecule has 4 nitrogen and oxygen atoms in total. The first-order chi connectivity index (χ1) is 9.18. The molecule has 0 aromatic heterocycles. The Hall–Kier alpha value is -1.45. The third kappa shape index (κ3) is 12.8. The van der Waals surface area contributed by atoms with E-state index in [1.807, 2.05) is 6.21 Å². The summed E-state index contributed by atoms with van der Waals surface area (Å²) in [5, 5.41) is 2.82. The molecule has 0 aliphatic heterocycles. The molecule has 0 fully saturated rings. The number of hydrogen-bond acceptors (Lipinski definition) is 3. The van der Waals surface area contributed by atoms with Crippen LogP contribution in [0.2, 0.25) is 0 Å². The van der Waals surface area contributed by atoms with Gasteiger partial charge in [-0.1, -0.05) is 19.4 Å². The van der Waals surface area contributed by atoms with Crippen molar-refractivity contribution < 1.29 is 9.59 Å². The maximum atomic E-state index is 11.2. The van der Waals surface area contributed by atoms with Gasteiger partial charge in [-0.15, -0.1) is 0 Å². The predicted molar refractivity (Wildman–Crippen MR) is 79.6 cm³/mol. The molecule has 0 aliphatic carbocycles. The van der Waals surface area contributed by atoms with E-state index in [1.165, 1.54) is 0 Å². The van der Waals surface area contributed by atoms with E-state index < -0.39 is 0 Å². The summed E-state index contributed by atoms with van der Waals surface area (Å²) in [5.41, 5.74) is 0.559. The third-order valence-electron chi connectivity index (χ3n) is 2.67. The van der Waals surface area contributed by atoms with Crippen LogP contribution in [0.5, 0.6) is 0 Å². The molecule has 19 heavy (non-hydrogen) atoms. The lowest BCUT2D eigenvalue weighted by Gasteiger charge is -2.03. The van der Waals surface area contributed by atoms with Gasteiger partial charge in [-0.2, -0.15) is 0 Å². The molecule has 0 aromatic rings. The van der Waals surface area contributed by atoms with Crippen molar-refractivity contribution in [1.82, 2.24) is 5.32 Å².